The summed E-state index contributed by atoms with van der Waals surface area (Å²) in [5, 5.41) is 2.83. The van der Waals surface area contributed by atoms with Gasteiger partial charge in [-0.3, -0.25) is 4.90 Å². The van der Waals surface area contributed by atoms with Crippen molar-refractivity contribution in [1.29, 1.82) is 0 Å². The molecule has 1 aliphatic heterocycles. The molecule has 122 valence electrons. The van der Waals surface area contributed by atoms with Crippen LogP contribution in [0.15, 0.2) is 24.3 Å². The topological polar surface area (TPSA) is 44.8 Å². The van der Waals surface area contributed by atoms with Gasteiger partial charge in [-0.05, 0) is 37.6 Å². The van der Waals surface area contributed by atoms with E-state index in [0.717, 1.165) is 39.1 Å². The Bertz CT molecular complexity index is 459. The van der Waals surface area contributed by atoms with Gasteiger partial charge in [0, 0.05) is 39.3 Å². The average Bonchev–Trinajstić information content (AvgIpc) is 2.54. The van der Waals surface area contributed by atoms with Crippen LogP contribution in [0.3, 0.4) is 0 Å². The zero-order chi connectivity index (χ0) is 15.8. The lowest BCUT2D eigenvalue weighted by atomic mass is 10.3. The van der Waals surface area contributed by atoms with Gasteiger partial charge in [0.2, 0.25) is 0 Å². The molecule has 0 bridgehead atoms. The molecule has 5 nitrogen and oxygen atoms in total. The predicted octanol–water partition coefficient (Wildman–Crippen LogP) is 1.94. The van der Waals surface area contributed by atoms with E-state index in [4.69, 9.17) is 4.74 Å². The minimum atomic E-state index is -0.252. The lowest BCUT2D eigenvalue weighted by Gasteiger charge is -2.34. The van der Waals surface area contributed by atoms with Gasteiger partial charge in [0.25, 0.3) is 0 Å². The molecular formula is C16H24FN3O2. The predicted molar refractivity (Wildman–Crippen MR) is 83.6 cm³/mol. The highest BCUT2D eigenvalue weighted by molar-refractivity contribution is 5.74. The van der Waals surface area contributed by atoms with Crippen molar-refractivity contribution >= 4 is 6.03 Å². The zero-order valence-electron chi connectivity index (χ0n) is 13.1. The molecule has 1 aromatic rings. The fourth-order valence-electron chi connectivity index (χ4n) is 2.45. The zero-order valence-corrected chi connectivity index (χ0v) is 13.1. The second kappa shape index (κ2) is 8.58. The van der Waals surface area contributed by atoms with E-state index < -0.39 is 0 Å². The summed E-state index contributed by atoms with van der Waals surface area (Å²) in [7, 11) is 0. The largest absolute Gasteiger partial charge is 0.494 e. The Morgan fingerprint density at radius 3 is 2.55 bits per heavy atom. The summed E-state index contributed by atoms with van der Waals surface area (Å²) in [4.78, 5) is 15.9. The molecule has 1 aliphatic rings. The molecule has 0 aromatic heterocycles. The second-order valence-corrected chi connectivity index (χ2v) is 5.32. The SMILES string of the molecule is CCNC(=O)N1CCN(CCCOc2ccc(F)cc2)CC1. The van der Waals surface area contributed by atoms with Gasteiger partial charge in [-0.1, -0.05) is 0 Å². The first-order valence-corrected chi connectivity index (χ1v) is 7.82. The number of urea groups is 1. The first-order chi connectivity index (χ1) is 10.7. The Kier molecular flexibility index (Phi) is 6.45. The summed E-state index contributed by atoms with van der Waals surface area (Å²) < 4.78 is 18.3. The van der Waals surface area contributed by atoms with E-state index >= 15 is 0 Å². The van der Waals surface area contributed by atoms with Crippen LogP contribution in [-0.2, 0) is 0 Å². The molecule has 22 heavy (non-hydrogen) atoms. The summed E-state index contributed by atoms with van der Waals surface area (Å²) in [6.07, 6.45) is 0.915. The summed E-state index contributed by atoms with van der Waals surface area (Å²) in [6.45, 7) is 7.48. The van der Waals surface area contributed by atoms with Crippen molar-refractivity contribution in [2.45, 2.75) is 13.3 Å². The van der Waals surface area contributed by atoms with Crippen molar-refractivity contribution in [1.82, 2.24) is 15.1 Å². The smallest absolute Gasteiger partial charge is 0.317 e. The van der Waals surface area contributed by atoms with E-state index in [-0.39, 0.29) is 11.8 Å². The lowest BCUT2D eigenvalue weighted by Crippen LogP contribution is -2.51. The minimum Gasteiger partial charge on any atom is -0.494 e. The van der Waals surface area contributed by atoms with Crippen LogP contribution in [0.25, 0.3) is 0 Å². The fraction of sp³-hybridized carbons (Fsp3) is 0.562. The maximum atomic E-state index is 12.8. The first-order valence-electron chi connectivity index (χ1n) is 7.82. The maximum absolute atomic E-state index is 12.8. The van der Waals surface area contributed by atoms with E-state index in [1.807, 2.05) is 11.8 Å². The number of nitrogens with zero attached hydrogens (tertiary/aromatic N) is 2. The Balaban J connectivity index is 1.59. The van der Waals surface area contributed by atoms with Gasteiger partial charge in [0.1, 0.15) is 11.6 Å². The fourth-order valence-corrected chi connectivity index (χ4v) is 2.45. The van der Waals surface area contributed by atoms with Gasteiger partial charge < -0.3 is 15.0 Å². The summed E-state index contributed by atoms with van der Waals surface area (Å²) in [6, 6.07) is 6.11. The molecule has 1 fully saturated rings. The Morgan fingerprint density at radius 1 is 1.23 bits per heavy atom. The van der Waals surface area contributed by atoms with Crippen molar-refractivity contribution in [3.05, 3.63) is 30.1 Å². The van der Waals surface area contributed by atoms with Crippen LogP contribution < -0.4 is 10.1 Å². The molecule has 2 amide bonds. The minimum absolute atomic E-state index is 0.0294. The molecule has 0 radical (unpaired) electrons. The molecule has 1 saturated heterocycles. The monoisotopic (exact) mass is 309 g/mol. The number of carbonyl (C=O) groups excluding carboxylic acids is 1. The normalized spacial score (nSPS) is 15.6. The van der Waals surface area contributed by atoms with Crippen LogP contribution >= 0.6 is 0 Å². The number of hydrogen-bond acceptors (Lipinski definition) is 3. The van der Waals surface area contributed by atoms with Gasteiger partial charge in [0.15, 0.2) is 0 Å². The molecule has 1 aromatic carbocycles. The van der Waals surface area contributed by atoms with E-state index in [9.17, 15) is 9.18 Å². The highest BCUT2D eigenvalue weighted by Crippen LogP contribution is 2.11. The molecule has 1 N–H and O–H groups in total. The summed E-state index contributed by atoms with van der Waals surface area (Å²) in [5.41, 5.74) is 0. The number of halogens is 1. The van der Waals surface area contributed by atoms with Crippen molar-refractivity contribution in [2.24, 2.45) is 0 Å². The third-order valence-electron chi connectivity index (χ3n) is 3.69. The molecule has 6 heteroatoms. The summed E-state index contributed by atoms with van der Waals surface area (Å²) in [5.74, 6) is 0.444. The van der Waals surface area contributed by atoms with Crippen LogP contribution in [0.1, 0.15) is 13.3 Å². The van der Waals surface area contributed by atoms with Gasteiger partial charge in [-0.25, -0.2) is 9.18 Å². The molecule has 0 spiro atoms. The maximum Gasteiger partial charge on any atom is 0.317 e. The second-order valence-electron chi connectivity index (χ2n) is 5.32. The molecule has 0 atom stereocenters. The molecule has 0 aliphatic carbocycles. The van der Waals surface area contributed by atoms with Gasteiger partial charge in [0.05, 0.1) is 6.61 Å². The van der Waals surface area contributed by atoms with E-state index in [0.29, 0.717) is 18.9 Å². The van der Waals surface area contributed by atoms with E-state index in [1.54, 1.807) is 12.1 Å². The highest BCUT2D eigenvalue weighted by atomic mass is 19.1. The lowest BCUT2D eigenvalue weighted by molar-refractivity contribution is 0.134. The van der Waals surface area contributed by atoms with Crippen LogP contribution in [0.5, 0.6) is 5.75 Å². The van der Waals surface area contributed by atoms with Crippen molar-refractivity contribution in [3.8, 4) is 5.75 Å². The number of amides is 2. The van der Waals surface area contributed by atoms with Crippen molar-refractivity contribution in [3.63, 3.8) is 0 Å². The number of carbonyl (C=O) groups is 1. The van der Waals surface area contributed by atoms with Crippen LogP contribution in [0.2, 0.25) is 0 Å². The van der Waals surface area contributed by atoms with Crippen LogP contribution in [0, 0.1) is 5.82 Å². The third kappa shape index (κ3) is 5.18. The Labute approximate surface area is 131 Å². The number of benzene rings is 1. The van der Waals surface area contributed by atoms with Crippen LogP contribution in [0.4, 0.5) is 9.18 Å². The number of ether oxygens (including phenoxy) is 1. The van der Waals surface area contributed by atoms with Gasteiger partial charge in [-0.2, -0.15) is 0 Å². The van der Waals surface area contributed by atoms with E-state index in [1.165, 1.54) is 12.1 Å². The summed E-state index contributed by atoms with van der Waals surface area (Å²) >= 11 is 0. The number of rotatable bonds is 6. The molecule has 2 rings (SSSR count). The number of hydrogen-bond donors (Lipinski definition) is 1. The Morgan fingerprint density at radius 2 is 1.91 bits per heavy atom. The average molecular weight is 309 g/mol. The Hall–Kier alpha value is -1.82. The molecule has 1 heterocycles. The van der Waals surface area contributed by atoms with Crippen molar-refractivity contribution < 1.29 is 13.9 Å². The number of nitrogens with one attached hydrogen (secondary N) is 1. The van der Waals surface area contributed by atoms with E-state index in [2.05, 4.69) is 10.2 Å². The van der Waals surface area contributed by atoms with Gasteiger partial charge in [-0.15, -0.1) is 0 Å². The first kappa shape index (κ1) is 16.5. The highest BCUT2D eigenvalue weighted by Gasteiger charge is 2.19. The number of piperazine rings is 1. The quantitative estimate of drug-likeness (QED) is 0.817. The molecule has 0 saturated carbocycles. The third-order valence-corrected chi connectivity index (χ3v) is 3.69. The standard InChI is InChI=1S/C16H24FN3O2/c1-2-18-16(21)20-11-9-19(10-12-20)8-3-13-22-15-6-4-14(17)5-7-15/h4-7H,2-3,8-13H2,1H3,(H,18,21). The van der Waals surface area contributed by atoms with Crippen molar-refractivity contribution in [2.75, 3.05) is 45.9 Å². The molecular weight excluding hydrogens is 285 g/mol. The van der Waals surface area contributed by atoms with Gasteiger partial charge >= 0.3 is 6.03 Å². The van der Waals surface area contributed by atoms with Crippen LogP contribution in [-0.4, -0.2) is 61.7 Å². The molecule has 0 unspecified atom stereocenters.